The van der Waals surface area contributed by atoms with Crippen LogP contribution in [0.1, 0.15) is 12.5 Å². The van der Waals surface area contributed by atoms with Gasteiger partial charge in [-0.3, -0.25) is 4.79 Å². The molecular weight excluding hydrogens is 254 g/mol. The SMILES string of the molecule is C[C@H](Nc1ccc(OCc2ccccc2)cc1)C(=O)O. The zero-order chi connectivity index (χ0) is 14.4. The fraction of sp³-hybridized carbons (Fsp3) is 0.188. The Hall–Kier alpha value is -2.49. The number of hydrogen-bond acceptors (Lipinski definition) is 3. The predicted octanol–water partition coefficient (Wildman–Crippen LogP) is 3.15. The third-order valence-corrected chi connectivity index (χ3v) is 2.86. The molecule has 2 rings (SSSR count). The van der Waals surface area contributed by atoms with E-state index in [9.17, 15) is 4.79 Å². The van der Waals surface area contributed by atoms with Gasteiger partial charge in [0.1, 0.15) is 18.4 Å². The fourth-order valence-electron chi connectivity index (χ4n) is 1.70. The number of rotatable bonds is 6. The molecule has 0 unspecified atom stereocenters. The standard InChI is InChI=1S/C16H17NO3/c1-12(16(18)19)17-14-7-9-15(10-8-14)20-11-13-5-3-2-4-6-13/h2-10,12,17H,11H2,1H3,(H,18,19)/t12-/m0/s1. The molecule has 0 radical (unpaired) electrons. The van der Waals surface area contributed by atoms with E-state index in [2.05, 4.69) is 5.32 Å². The van der Waals surface area contributed by atoms with E-state index in [0.717, 1.165) is 17.0 Å². The summed E-state index contributed by atoms with van der Waals surface area (Å²) in [6, 6.07) is 16.5. The van der Waals surface area contributed by atoms with Crippen molar-refractivity contribution in [3.63, 3.8) is 0 Å². The summed E-state index contributed by atoms with van der Waals surface area (Å²) in [6.45, 7) is 2.11. The third kappa shape index (κ3) is 4.02. The van der Waals surface area contributed by atoms with Gasteiger partial charge in [0, 0.05) is 5.69 Å². The van der Waals surface area contributed by atoms with E-state index in [1.165, 1.54) is 0 Å². The summed E-state index contributed by atoms with van der Waals surface area (Å²) in [5.41, 5.74) is 1.86. The molecule has 0 aliphatic heterocycles. The van der Waals surface area contributed by atoms with E-state index in [0.29, 0.717) is 6.61 Å². The molecule has 0 bridgehead atoms. The molecule has 4 heteroatoms. The first-order valence-electron chi connectivity index (χ1n) is 6.41. The maximum absolute atomic E-state index is 10.7. The minimum atomic E-state index is -0.880. The molecule has 0 heterocycles. The minimum absolute atomic E-state index is 0.513. The highest BCUT2D eigenvalue weighted by atomic mass is 16.5. The Morgan fingerprint density at radius 3 is 2.40 bits per heavy atom. The van der Waals surface area contributed by atoms with E-state index < -0.39 is 12.0 Å². The van der Waals surface area contributed by atoms with Crippen LogP contribution in [0.15, 0.2) is 54.6 Å². The second kappa shape index (κ2) is 6.61. The molecule has 0 fully saturated rings. The van der Waals surface area contributed by atoms with Crippen LogP contribution in [0.2, 0.25) is 0 Å². The van der Waals surface area contributed by atoms with Crippen molar-refractivity contribution in [2.45, 2.75) is 19.6 Å². The van der Waals surface area contributed by atoms with Crippen LogP contribution in [0, 0.1) is 0 Å². The van der Waals surface area contributed by atoms with Crippen LogP contribution in [0.4, 0.5) is 5.69 Å². The van der Waals surface area contributed by atoms with Crippen molar-refractivity contribution in [3.05, 3.63) is 60.2 Å². The molecular formula is C16H17NO3. The third-order valence-electron chi connectivity index (χ3n) is 2.86. The van der Waals surface area contributed by atoms with Crippen LogP contribution in [-0.4, -0.2) is 17.1 Å². The largest absolute Gasteiger partial charge is 0.489 e. The summed E-state index contributed by atoms with van der Waals surface area (Å²) in [6.07, 6.45) is 0. The number of nitrogens with one attached hydrogen (secondary N) is 1. The Kier molecular flexibility index (Phi) is 4.60. The number of hydrogen-bond donors (Lipinski definition) is 2. The normalized spacial score (nSPS) is 11.7. The number of benzene rings is 2. The van der Waals surface area contributed by atoms with Crippen LogP contribution in [0.5, 0.6) is 5.75 Å². The maximum atomic E-state index is 10.7. The molecule has 20 heavy (non-hydrogen) atoms. The molecule has 0 saturated carbocycles. The number of carboxylic acids is 1. The van der Waals surface area contributed by atoms with Gasteiger partial charge in [0.25, 0.3) is 0 Å². The summed E-state index contributed by atoms with van der Waals surface area (Å²) < 4.78 is 5.66. The van der Waals surface area contributed by atoms with E-state index in [4.69, 9.17) is 9.84 Å². The van der Waals surface area contributed by atoms with Crippen LogP contribution in [0.25, 0.3) is 0 Å². The number of ether oxygens (including phenoxy) is 1. The molecule has 0 amide bonds. The summed E-state index contributed by atoms with van der Waals surface area (Å²) >= 11 is 0. The van der Waals surface area contributed by atoms with Crippen molar-refractivity contribution in [3.8, 4) is 5.75 Å². The molecule has 2 N–H and O–H groups in total. The Balaban J connectivity index is 1.90. The molecule has 1 atom stereocenters. The van der Waals surface area contributed by atoms with Crippen molar-refractivity contribution in [2.75, 3.05) is 5.32 Å². The molecule has 104 valence electrons. The van der Waals surface area contributed by atoms with Gasteiger partial charge in [-0.15, -0.1) is 0 Å². The Morgan fingerprint density at radius 1 is 1.15 bits per heavy atom. The second-order valence-electron chi connectivity index (χ2n) is 4.50. The summed E-state index contributed by atoms with van der Waals surface area (Å²) in [5, 5.41) is 11.7. The molecule has 2 aromatic carbocycles. The Morgan fingerprint density at radius 2 is 1.80 bits per heavy atom. The van der Waals surface area contributed by atoms with E-state index in [1.807, 2.05) is 42.5 Å². The molecule has 0 spiro atoms. The maximum Gasteiger partial charge on any atom is 0.325 e. The van der Waals surface area contributed by atoms with Gasteiger partial charge < -0.3 is 15.2 Å². The highest BCUT2D eigenvalue weighted by Crippen LogP contribution is 2.17. The lowest BCUT2D eigenvalue weighted by molar-refractivity contribution is -0.137. The molecule has 0 aliphatic rings. The van der Waals surface area contributed by atoms with Crippen molar-refractivity contribution in [1.82, 2.24) is 0 Å². The number of carbonyl (C=O) groups is 1. The van der Waals surface area contributed by atoms with Gasteiger partial charge in [-0.2, -0.15) is 0 Å². The number of carboxylic acid groups (broad SMARTS) is 1. The zero-order valence-corrected chi connectivity index (χ0v) is 11.2. The van der Waals surface area contributed by atoms with Gasteiger partial charge in [0.2, 0.25) is 0 Å². The van der Waals surface area contributed by atoms with Gasteiger partial charge >= 0.3 is 5.97 Å². The Labute approximate surface area is 118 Å². The monoisotopic (exact) mass is 271 g/mol. The summed E-state index contributed by atoms with van der Waals surface area (Å²) in [5.74, 6) is -0.128. The molecule has 0 saturated heterocycles. The lowest BCUT2D eigenvalue weighted by Gasteiger charge is -2.11. The summed E-state index contributed by atoms with van der Waals surface area (Å²) in [7, 11) is 0. The summed E-state index contributed by atoms with van der Waals surface area (Å²) in [4.78, 5) is 10.7. The highest BCUT2D eigenvalue weighted by Gasteiger charge is 2.09. The van der Waals surface area contributed by atoms with Gasteiger partial charge in [0.15, 0.2) is 0 Å². The molecule has 4 nitrogen and oxygen atoms in total. The smallest absolute Gasteiger partial charge is 0.325 e. The lowest BCUT2D eigenvalue weighted by atomic mass is 10.2. The van der Waals surface area contributed by atoms with Crippen LogP contribution < -0.4 is 10.1 Å². The van der Waals surface area contributed by atoms with E-state index in [1.54, 1.807) is 19.1 Å². The van der Waals surface area contributed by atoms with E-state index in [-0.39, 0.29) is 0 Å². The first-order valence-corrected chi connectivity index (χ1v) is 6.41. The van der Waals surface area contributed by atoms with Crippen LogP contribution >= 0.6 is 0 Å². The van der Waals surface area contributed by atoms with Gasteiger partial charge in [-0.25, -0.2) is 0 Å². The first kappa shape index (κ1) is 13.9. The molecule has 0 aliphatic carbocycles. The first-order chi connectivity index (χ1) is 9.65. The lowest BCUT2D eigenvalue weighted by Crippen LogP contribution is -2.25. The zero-order valence-electron chi connectivity index (χ0n) is 11.2. The van der Waals surface area contributed by atoms with Gasteiger partial charge in [0.05, 0.1) is 0 Å². The average molecular weight is 271 g/mol. The fourth-order valence-corrected chi connectivity index (χ4v) is 1.70. The number of aliphatic carboxylic acids is 1. The van der Waals surface area contributed by atoms with Crippen molar-refractivity contribution < 1.29 is 14.6 Å². The minimum Gasteiger partial charge on any atom is -0.489 e. The van der Waals surface area contributed by atoms with Crippen LogP contribution in [-0.2, 0) is 11.4 Å². The topological polar surface area (TPSA) is 58.6 Å². The van der Waals surface area contributed by atoms with E-state index >= 15 is 0 Å². The van der Waals surface area contributed by atoms with Crippen molar-refractivity contribution in [2.24, 2.45) is 0 Å². The number of anilines is 1. The molecule has 2 aromatic rings. The van der Waals surface area contributed by atoms with Crippen LogP contribution in [0.3, 0.4) is 0 Å². The molecule has 0 aromatic heterocycles. The van der Waals surface area contributed by atoms with Gasteiger partial charge in [-0.05, 0) is 36.8 Å². The average Bonchev–Trinajstić information content (AvgIpc) is 2.47. The van der Waals surface area contributed by atoms with Crippen molar-refractivity contribution >= 4 is 11.7 Å². The van der Waals surface area contributed by atoms with Crippen molar-refractivity contribution in [1.29, 1.82) is 0 Å². The second-order valence-corrected chi connectivity index (χ2v) is 4.50. The van der Waals surface area contributed by atoms with Gasteiger partial charge in [-0.1, -0.05) is 30.3 Å². The quantitative estimate of drug-likeness (QED) is 0.847. The predicted molar refractivity (Wildman–Crippen MR) is 77.9 cm³/mol. The Bertz CT molecular complexity index is 552. The highest BCUT2D eigenvalue weighted by molar-refractivity contribution is 5.76.